The number of nitrogens with zero attached hydrogens (tertiary/aromatic N) is 2. The van der Waals surface area contributed by atoms with Crippen LogP contribution in [0.25, 0.3) is 6.08 Å². The second-order valence-corrected chi connectivity index (χ2v) is 8.89. The summed E-state index contributed by atoms with van der Waals surface area (Å²) in [4.78, 5) is 22.6. The number of benzene rings is 2. The number of nitrogens with one attached hydrogen (secondary N) is 1. The number of carbonyl (C=O) groups is 1. The van der Waals surface area contributed by atoms with Crippen LogP contribution >= 0.6 is 0 Å². The lowest BCUT2D eigenvalue weighted by Crippen LogP contribution is -2.42. The Labute approximate surface area is 175 Å². The van der Waals surface area contributed by atoms with Crippen molar-refractivity contribution in [2.45, 2.75) is 19.4 Å². The molecule has 8 nitrogen and oxygen atoms in total. The Kier molecular flexibility index (Phi) is 6.96. The molecule has 1 saturated heterocycles. The highest BCUT2D eigenvalue weighted by molar-refractivity contribution is 7.92. The van der Waals surface area contributed by atoms with Crippen LogP contribution in [0.15, 0.2) is 60.0 Å². The smallest absolute Gasteiger partial charge is 0.269 e. The zero-order valence-electron chi connectivity index (χ0n) is 16.3. The molecule has 0 saturated carbocycles. The number of sulfonamides is 1. The van der Waals surface area contributed by atoms with Crippen LogP contribution in [0.1, 0.15) is 24.0 Å². The van der Waals surface area contributed by atoms with E-state index in [0.29, 0.717) is 12.8 Å². The molecule has 1 aliphatic rings. The van der Waals surface area contributed by atoms with Crippen molar-refractivity contribution in [2.75, 3.05) is 13.1 Å². The van der Waals surface area contributed by atoms with Crippen LogP contribution in [0.5, 0.6) is 0 Å². The van der Waals surface area contributed by atoms with Crippen molar-refractivity contribution in [3.05, 3.63) is 81.2 Å². The first-order chi connectivity index (χ1) is 14.3. The van der Waals surface area contributed by atoms with E-state index in [4.69, 9.17) is 0 Å². The average molecular weight is 429 g/mol. The maximum Gasteiger partial charge on any atom is 0.269 e. The minimum Gasteiger partial charge on any atom is -0.352 e. The van der Waals surface area contributed by atoms with Gasteiger partial charge in [0.1, 0.15) is 0 Å². The first-order valence-electron chi connectivity index (χ1n) is 9.59. The molecule has 0 spiro atoms. The van der Waals surface area contributed by atoms with E-state index in [1.807, 2.05) is 30.3 Å². The van der Waals surface area contributed by atoms with Gasteiger partial charge in [0.05, 0.1) is 4.92 Å². The normalized spacial score (nSPS) is 15.9. The zero-order chi connectivity index (χ0) is 21.6. The van der Waals surface area contributed by atoms with Crippen molar-refractivity contribution in [2.24, 2.45) is 5.92 Å². The average Bonchev–Trinajstić information content (AvgIpc) is 2.77. The van der Waals surface area contributed by atoms with Gasteiger partial charge in [0.15, 0.2) is 0 Å². The number of carbonyl (C=O) groups excluding carboxylic acids is 1. The largest absolute Gasteiger partial charge is 0.352 e. The summed E-state index contributed by atoms with van der Waals surface area (Å²) >= 11 is 0. The molecule has 0 atom stereocenters. The van der Waals surface area contributed by atoms with E-state index in [0.717, 1.165) is 11.1 Å². The number of nitro benzene ring substituents is 1. The highest BCUT2D eigenvalue weighted by Gasteiger charge is 2.29. The molecule has 9 heteroatoms. The Morgan fingerprint density at radius 2 is 1.73 bits per heavy atom. The van der Waals surface area contributed by atoms with Gasteiger partial charge in [-0.2, -0.15) is 4.31 Å². The van der Waals surface area contributed by atoms with Crippen molar-refractivity contribution in [1.82, 2.24) is 9.62 Å². The number of rotatable bonds is 7. The predicted molar refractivity (Wildman–Crippen MR) is 114 cm³/mol. The summed E-state index contributed by atoms with van der Waals surface area (Å²) in [7, 11) is -3.53. The molecular weight excluding hydrogens is 406 g/mol. The van der Waals surface area contributed by atoms with Gasteiger partial charge in [0.2, 0.25) is 15.9 Å². The summed E-state index contributed by atoms with van der Waals surface area (Å²) in [6.45, 7) is 0.851. The zero-order valence-corrected chi connectivity index (χ0v) is 17.1. The predicted octanol–water partition coefficient (Wildman–Crippen LogP) is 2.92. The second kappa shape index (κ2) is 9.64. The molecule has 1 aliphatic heterocycles. The maximum absolute atomic E-state index is 12.5. The number of hydrogen-bond donors (Lipinski definition) is 1. The van der Waals surface area contributed by atoms with Crippen LogP contribution < -0.4 is 5.32 Å². The molecule has 0 aliphatic carbocycles. The third-order valence-electron chi connectivity index (χ3n) is 5.03. The lowest BCUT2D eigenvalue weighted by Gasteiger charge is -2.29. The van der Waals surface area contributed by atoms with Crippen LogP contribution in [0.2, 0.25) is 0 Å². The van der Waals surface area contributed by atoms with Crippen molar-refractivity contribution in [3.8, 4) is 0 Å². The number of non-ortho nitro benzene ring substituents is 1. The van der Waals surface area contributed by atoms with E-state index in [-0.39, 0.29) is 37.1 Å². The Balaban J connectivity index is 1.49. The number of amides is 1. The highest BCUT2D eigenvalue weighted by atomic mass is 32.2. The van der Waals surface area contributed by atoms with Crippen molar-refractivity contribution in [3.63, 3.8) is 0 Å². The first kappa shape index (κ1) is 21.7. The Bertz CT molecular complexity index is 1010. The monoisotopic (exact) mass is 429 g/mol. The van der Waals surface area contributed by atoms with Gasteiger partial charge in [-0.1, -0.05) is 42.5 Å². The van der Waals surface area contributed by atoms with Crippen LogP contribution in [0.4, 0.5) is 5.69 Å². The third kappa shape index (κ3) is 5.74. The standard InChI is InChI=1S/C21H23N3O5S/c25-21(22-16-18-6-8-20(9-7-18)24(26)27)19-10-13-23(14-11-19)30(28,29)15-12-17-4-2-1-3-5-17/h1-9,12,15,19H,10-11,13-14,16H2,(H,22,25). The fraction of sp³-hybridized carbons (Fsp3) is 0.286. The molecule has 0 bridgehead atoms. The molecular formula is C21H23N3O5S. The lowest BCUT2D eigenvalue weighted by molar-refractivity contribution is -0.384. The van der Waals surface area contributed by atoms with Gasteiger partial charge in [0.25, 0.3) is 5.69 Å². The van der Waals surface area contributed by atoms with Gasteiger partial charge in [-0.05, 0) is 30.0 Å². The van der Waals surface area contributed by atoms with E-state index < -0.39 is 14.9 Å². The van der Waals surface area contributed by atoms with Crippen molar-refractivity contribution < 1.29 is 18.1 Å². The van der Waals surface area contributed by atoms with E-state index in [9.17, 15) is 23.3 Å². The minimum absolute atomic E-state index is 0.0000262. The van der Waals surface area contributed by atoms with Gasteiger partial charge in [-0.15, -0.1) is 0 Å². The Morgan fingerprint density at radius 1 is 1.10 bits per heavy atom. The van der Waals surface area contributed by atoms with Crippen LogP contribution in [-0.2, 0) is 21.4 Å². The van der Waals surface area contributed by atoms with E-state index in [1.165, 1.54) is 21.8 Å². The molecule has 2 aromatic carbocycles. The quantitative estimate of drug-likeness (QED) is 0.538. The fourth-order valence-electron chi connectivity index (χ4n) is 3.26. The summed E-state index contributed by atoms with van der Waals surface area (Å²) in [6, 6.07) is 15.2. The number of hydrogen-bond acceptors (Lipinski definition) is 5. The minimum atomic E-state index is -3.53. The van der Waals surface area contributed by atoms with Crippen molar-refractivity contribution in [1.29, 1.82) is 0 Å². The van der Waals surface area contributed by atoms with Gasteiger partial charge in [-0.25, -0.2) is 8.42 Å². The molecule has 1 amide bonds. The maximum atomic E-state index is 12.5. The highest BCUT2D eigenvalue weighted by Crippen LogP contribution is 2.21. The molecule has 1 N–H and O–H groups in total. The number of nitro groups is 1. The topological polar surface area (TPSA) is 110 Å². The van der Waals surface area contributed by atoms with Crippen LogP contribution in [0, 0.1) is 16.0 Å². The SMILES string of the molecule is O=C(NCc1ccc([N+](=O)[O-])cc1)C1CCN(S(=O)(=O)C=Cc2ccccc2)CC1. The molecule has 2 aromatic rings. The third-order valence-corrected chi connectivity index (χ3v) is 6.60. The van der Waals surface area contributed by atoms with Gasteiger partial charge in [-0.3, -0.25) is 14.9 Å². The van der Waals surface area contributed by atoms with Crippen LogP contribution in [-0.4, -0.2) is 36.6 Å². The summed E-state index contributed by atoms with van der Waals surface area (Å²) < 4.78 is 26.4. The molecule has 30 heavy (non-hydrogen) atoms. The van der Waals surface area contributed by atoms with Gasteiger partial charge in [0, 0.05) is 43.1 Å². The lowest BCUT2D eigenvalue weighted by atomic mass is 9.97. The second-order valence-electron chi connectivity index (χ2n) is 7.07. The molecule has 1 heterocycles. The Morgan fingerprint density at radius 3 is 2.33 bits per heavy atom. The summed E-state index contributed by atoms with van der Waals surface area (Å²) in [5.41, 5.74) is 1.57. The van der Waals surface area contributed by atoms with Crippen molar-refractivity contribution >= 4 is 27.7 Å². The summed E-state index contributed by atoms with van der Waals surface area (Å²) in [5.74, 6) is -0.391. The molecule has 0 aromatic heterocycles. The Hall–Kier alpha value is -3.04. The summed E-state index contributed by atoms with van der Waals surface area (Å²) in [5, 5.41) is 14.7. The molecule has 158 valence electrons. The van der Waals surface area contributed by atoms with E-state index >= 15 is 0 Å². The fourth-order valence-corrected chi connectivity index (χ4v) is 4.48. The molecule has 1 fully saturated rings. The van der Waals surface area contributed by atoms with Crippen LogP contribution in [0.3, 0.4) is 0 Å². The van der Waals surface area contributed by atoms with E-state index in [1.54, 1.807) is 18.2 Å². The first-order valence-corrected chi connectivity index (χ1v) is 11.1. The number of piperidine rings is 1. The molecule has 0 radical (unpaired) electrons. The van der Waals surface area contributed by atoms with Gasteiger partial charge < -0.3 is 5.32 Å². The van der Waals surface area contributed by atoms with Gasteiger partial charge >= 0.3 is 0 Å². The molecule has 3 rings (SSSR count). The molecule has 0 unspecified atom stereocenters. The van der Waals surface area contributed by atoms with E-state index in [2.05, 4.69) is 5.32 Å². The summed E-state index contributed by atoms with van der Waals surface area (Å²) in [6.07, 6.45) is 2.47.